The first-order chi connectivity index (χ1) is 24.0. The van der Waals surface area contributed by atoms with Gasteiger partial charge in [-0.3, -0.25) is 9.69 Å². The maximum atomic E-state index is 12.5. The summed E-state index contributed by atoms with van der Waals surface area (Å²) < 4.78 is 56.4. The predicted octanol–water partition coefficient (Wildman–Crippen LogP) is 5.69. The number of aliphatic hydroxyl groups is 2. The van der Waals surface area contributed by atoms with Crippen molar-refractivity contribution in [2.24, 2.45) is 11.8 Å². The molecule has 2 aliphatic rings. The molecule has 51 heavy (non-hydrogen) atoms. The van der Waals surface area contributed by atoms with Gasteiger partial charge in [-0.1, -0.05) is 60.7 Å². The zero-order valence-electron chi connectivity index (χ0n) is 28.0. The Morgan fingerprint density at radius 2 is 1.20 bits per heavy atom. The molecular weight excluding hydrogens is 778 g/mol. The van der Waals surface area contributed by atoms with Crippen LogP contribution < -0.4 is 0 Å². The molecule has 0 bridgehead atoms. The van der Waals surface area contributed by atoms with E-state index in [0.717, 1.165) is 44.1 Å². The van der Waals surface area contributed by atoms with Crippen LogP contribution in [-0.2, 0) is 37.6 Å². The number of hydrogen-bond donors (Lipinski definition) is 2. The van der Waals surface area contributed by atoms with Crippen LogP contribution in [0.25, 0.3) is 0 Å². The number of furan rings is 2. The molecule has 4 unspecified atom stereocenters. The first-order valence-corrected chi connectivity index (χ1v) is 25.0. The van der Waals surface area contributed by atoms with E-state index in [2.05, 4.69) is 17.0 Å². The molecule has 276 valence electrons. The van der Waals surface area contributed by atoms with Gasteiger partial charge in [0.25, 0.3) is 0 Å². The second kappa shape index (κ2) is 18.6. The van der Waals surface area contributed by atoms with Crippen molar-refractivity contribution < 1.29 is 40.7 Å². The summed E-state index contributed by atoms with van der Waals surface area (Å²) in [4.78, 5) is 16.5. The van der Waals surface area contributed by atoms with Crippen LogP contribution in [0.1, 0.15) is 47.7 Å². The molecule has 2 aliphatic heterocycles. The van der Waals surface area contributed by atoms with Crippen LogP contribution >= 0.6 is 30.1 Å². The van der Waals surface area contributed by atoms with Gasteiger partial charge in [0, 0.05) is 44.6 Å². The molecule has 17 heteroatoms. The number of carbonyl (C=O) groups excluding carboxylic acids is 1. The fourth-order valence-corrected chi connectivity index (χ4v) is 7.06. The van der Waals surface area contributed by atoms with Gasteiger partial charge in [-0.25, -0.2) is 47.0 Å². The number of amides is 1. The van der Waals surface area contributed by atoms with E-state index in [4.69, 9.17) is 39.0 Å². The Bertz CT molecular complexity index is 1920. The minimum atomic E-state index is -3.48. The number of aliphatic hydroxyl groups excluding tert-OH is 2. The summed E-state index contributed by atoms with van der Waals surface area (Å²) in [7, 11) is 7.98. The number of carbonyl (C=O) groups is 1. The first kappa shape index (κ1) is 41.4. The molecule has 2 aromatic carbocycles. The zero-order chi connectivity index (χ0) is 37.3. The van der Waals surface area contributed by atoms with Crippen molar-refractivity contribution >= 4 is 67.1 Å². The molecule has 0 saturated carbocycles. The van der Waals surface area contributed by atoms with Gasteiger partial charge in [0.2, 0.25) is 35.8 Å². The Morgan fingerprint density at radius 1 is 0.725 bits per heavy atom. The Kier molecular flexibility index (Phi) is 15.1. The van der Waals surface area contributed by atoms with Crippen molar-refractivity contribution in [3.05, 3.63) is 108 Å². The third-order valence-corrected chi connectivity index (χ3v) is 10.4. The van der Waals surface area contributed by atoms with Gasteiger partial charge in [0.05, 0.1) is 5.92 Å². The van der Waals surface area contributed by atoms with Crippen molar-refractivity contribution in [2.75, 3.05) is 32.1 Å². The molecule has 4 heterocycles. The first-order valence-electron chi connectivity index (χ1n) is 16.0. The highest BCUT2D eigenvalue weighted by atomic mass is 35.8. The van der Waals surface area contributed by atoms with E-state index >= 15 is 0 Å². The predicted molar refractivity (Wildman–Crippen MR) is 197 cm³/mol. The summed E-state index contributed by atoms with van der Waals surface area (Å²) in [5.41, 5.74) is 2.28. The molecule has 0 spiro atoms. The van der Waals surface area contributed by atoms with Gasteiger partial charge < -0.3 is 23.9 Å². The number of likely N-dealkylation sites (tertiary alicyclic amines) is 2. The SMILES string of the molecule is CS(=O)(=O)c1ccc(C(O)C2CCN(Cc3ccccc3)C2)o1.CS(=O)(=O)c1ccc(C(O)C2CCN(Cc3ccccc3)C2=O)o1.[Cl][Al]([Cl])[Cl]. The molecular formula is C34H40AlCl3N2O9S2. The number of nitrogens with zero attached hydrogens (tertiary/aromatic N) is 2. The van der Waals surface area contributed by atoms with E-state index in [-0.39, 0.29) is 27.8 Å². The second-order valence-corrected chi connectivity index (χ2v) is 22.7. The average Bonchev–Trinajstić information content (AvgIpc) is 3.89. The van der Waals surface area contributed by atoms with Crippen LogP contribution in [0.15, 0.2) is 104 Å². The van der Waals surface area contributed by atoms with Gasteiger partial charge in [0.1, 0.15) is 23.7 Å². The molecule has 0 radical (unpaired) electrons. The van der Waals surface area contributed by atoms with Crippen molar-refractivity contribution in [1.82, 2.24) is 9.80 Å². The number of sulfone groups is 2. The van der Waals surface area contributed by atoms with Crippen LogP contribution in [0.5, 0.6) is 0 Å². The lowest BCUT2D eigenvalue weighted by atomic mass is 9.99. The van der Waals surface area contributed by atoms with E-state index in [1.54, 1.807) is 11.0 Å². The highest BCUT2D eigenvalue weighted by molar-refractivity contribution is 7.90. The highest BCUT2D eigenvalue weighted by Gasteiger charge is 2.39. The Morgan fingerprint density at radius 3 is 1.67 bits per heavy atom. The van der Waals surface area contributed by atoms with Crippen LogP contribution in [0.4, 0.5) is 0 Å². The van der Waals surface area contributed by atoms with Crippen LogP contribution in [0, 0.1) is 11.8 Å². The summed E-state index contributed by atoms with van der Waals surface area (Å²) in [6.45, 7) is 3.59. The molecule has 11 nitrogen and oxygen atoms in total. The number of benzene rings is 2. The third-order valence-electron chi connectivity index (χ3n) is 8.46. The van der Waals surface area contributed by atoms with E-state index in [9.17, 15) is 31.8 Å². The van der Waals surface area contributed by atoms with Crippen LogP contribution in [-0.4, -0.2) is 86.3 Å². The molecule has 2 aromatic heterocycles. The number of hydrogen-bond acceptors (Lipinski definition) is 10. The lowest BCUT2D eigenvalue weighted by Crippen LogP contribution is -2.29. The van der Waals surface area contributed by atoms with E-state index in [1.165, 1.54) is 23.8 Å². The molecule has 2 saturated heterocycles. The van der Waals surface area contributed by atoms with E-state index in [1.807, 2.05) is 48.5 Å². The topological polar surface area (TPSA) is 159 Å². The average molecular weight is 818 g/mol. The van der Waals surface area contributed by atoms with Crippen molar-refractivity contribution in [3.8, 4) is 0 Å². The minimum absolute atomic E-state index is 0.0530. The second-order valence-electron chi connectivity index (χ2n) is 12.4. The summed E-state index contributed by atoms with van der Waals surface area (Å²) in [6.07, 6.45) is 1.58. The Balaban J connectivity index is 0.000000207. The quantitative estimate of drug-likeness (QED) is 0.191. The fraction of sp³-hybridized carbons (Fsp3) is 0.382. The molecule has 4 atom stereocenters. The summed E-state index contributed by atoms with van der Waals surface area (Å²) in [5.74, 6) is -0.277. The van der Waals surface area contributed by atoms with Crippen molar-refractivity contribution in [2.45, 2.75) is 48.3 Å². The lowest BCUT2D eigenvalue weighted by molar-refractivity contribution is -0.134. The van der Waals surface area contributed by atoms with Crippen LogP contribution in [0.2, 0.25) is 0 Å². The fourth-order valence-electron chi connectivity index (χ4n) is 5.94. The summed E-state index contributed by atoms with van der Waals surface area (Å²) in [5, 5.41) is 20.6. The number of rotatable bonds is 10. The van der Waals surface area contributed by atoms with Crippen molar-refractivity contribution in [3.63, 3.8) is 0 Å². The Labute approximate surface area is 315 Å². The lowest BCUT2D eigenvalue weighted by Gasteiger charge is -2.18. The van der Waals surface area contributed by atoms with Gasteiger partial charge in [-0.15, -0.1) is 0 Å². The minimum Gasteiger partial charge on any atom is -0.447 e. The monoisotopic (exact) mass is 816 g/mol. The van der Waals surface area contributed by atoms with Gasteiger partial charge in [0.15, 0.2) is 0 Å². The molecule has 2 N–H and O–H groups in total. The standard InChI is InChI=1S/C17H19NO5S.C17H21NO4S.Al.3ClH/c1-24(21,22)15-8-7-14(23-15)16(19)13-9-10-18(17(13)20)11-12-5-3-2-4-6-12;1-23(20,21)16-8-7-15(22-16)17(19)14-9-10-18(12-14)11-13-5-3-2-4-6-13;;;;/h2-8,13,16,19H,9-11H2,1H3;2-8,14,17,19H,9-12H2,1H3;;3*1H/q;;+3;;;/p-3. The number of halogens is 3. The normalized spacial score (nSPS) is 19.1. The smallest absolute Gasteiger partial charge is 0.447 e. The molecule has 1 amide bonds. The summed E-state index contributed by atoms with van der Waals surface area (Å²) >= 11 is -1.72. The third kappa shape index (κ3) is 12.4. The highest BCUT2D eigenvalue weighted by Crippen LogP contribution is 2.34. The van der Waals surface area contributed by atoms with Crippen LogP contribution in [0.3, 0.4) is 0 Å². The molecule has 0 aliphatic carbocycles. The van der Waals surface area contributed by atoms with E-state index in [0.29, 0.717) is 25.3 Å². The summed E-state index contributed by atoms with van der Waals surface area (Å²) in [6, 6.07) is 25.5. The van der Waals surface area contributed by atoms with Gasteiger partial charge >= 0.3 is 11.4 Å². The van der Waals surface area contributed by atoms with Gasteiger partial charge in [-0.2, -0.15) is 0 Å². The zero-order valence-corrected chi connectivity index (χ0v) is 33.1. The maximum absolute atomic E-state index is 12.5. The molecule has 6 rings (SSSR count). The largest absolute Gasteiger partial charge is 0.643 e. The maximum Gasteiger partial charge on any atom is 0.643 e. The van der Waals surface area contributed by atoms with E-state index < -0.39 is 49.2 Å². The van der Waals surface area contributed by atoms with Gasteiger partial charge in [-0.05, 0) is 54.8 Å². The molecule has 4 aromatic rings. The van der Waals surface area contributed by atoms with Crippen molar-refractivity contribution in [1.29, 1.82) is 0 Å². The Hall–Kier alpha value is -2.35. The molecule has 2 fully saturated rings.